The maximum Gasteiger partial charge on any atom is 0.0471 e. The summed E-state index contributed by atoms with van der Waals surface area (Å²) in [6.45, 7) is 4.00. The summed E-state index contributed by atoms with van der Waals surface area (Å²) in [5.41, 5.74) is 7.43. The Balaban J connectivity index is 2.77. The minimum absolute atomic E-state index is 0.716. The smallest absolute Gasteiger partial charge is 0.0471 e. The molecule has 0 unspecified atom stereocenters. The van der Waals surface area contributed by atoms with E-state index < -0.39 is 0 Å². The summed E-state index contributed by atoms with van der Waals surface area (Å²) >= 11 is 6.02. The topological polar surface area (TPSA) is 29.3 Å². The van der Waals surface area contributed by atoms with E-state index in [2.05, 4.69) is 18.9 Å². The largest absolute Gasteiger partial charge is 0.399 e. The van der Waals surface area contributed by atoms with Crippen molar-refractivity contribution in [2.45, 2.75) is 13.5 Å². The van der Waals surface area contributed by atoms with Crippen LogP contribution in [0.3, 0.4) is 0 Å². The summed E-state index contributed by atoms with van der Waals surface area (Å²) in [5, 5.41) is 0.750. The van der Waals surface area contributed by atoms with Crippen molar-refractivity contribution < 1.29 is 0 Å². The van der Waals surface area contributed by atoms with Crippen LogP contribution in [0.15, 0.2) is 18.2 Å². The van der Waals surface area contributed by atoms with E-state index in [0.717, 1.165) is 23.7 Å². The molecule has 72 valence electrons. The molecule has 2 N–H and O–H groups in total. The van der Waals surface area contributed by atoms with Gasteiger partial charge in [0.1, 0.15) is 0 Å². The van der Waals surface area contributed by atoms with Gasteiger partial charge in [-0.15, -0.1) is 0 Å². The average Bonchev–Trinajstić information content (AvgIpc) is 2.09. The van der Waals surface area contributed by atoms with Gasteiger partial charge in [0, 0.05) is 17.3 Å². The number of rotatable bonds is 3. The molecule has 0 spiro atoms. The van der Waals surface area contributed by atoms with Gasteiger partial charge in [-0.2, -0.15) is 0 Å². The predicted octanol–water partition coefficient (Wildman–Crippen LogP) is 2.37. The first kappa shape index (κ1) is 10.4. The van der Waals surface area contributed by atoms with E-state index in [1.165, 1.54) is 0 Å². The van der Waals surface area contributed by atoms with Crippen LogP contribution in [0.4, 0.5) is 5.69 Å². The number of hydrogen-bond acceptors (Lipinski definition) is 2. The van der Waals surface area contributed by atoms with Crippen LogP contribution in [0.2, 0.25) is 5.02 Å². The molecule has 1 aromatic carbocycles. The third-order valence-corrected chi connectivity index (χ3v) is 2.41. The zero-order valence-electron chi connectivity index (χ0n) is 8.05. The van der Waals surface area contributed by atoms with Crippen LogP contribution < -0.4 is 5.73 Å². The molecule has 0 aliphatic heterocycles. The number of hydrogen-bond donors (Lipinski definition) is 1. The average molecular weight is 199 g/mol. The van der Waals surface area contributed by atoms with Crippen molar-refractivity contribution in [3.63, 3.8) is 0 Å². The van der Waals surface area contributed by atoms with E-state index in [0.29, 0.717) is 5.69 Å². The fourth-order valence-electron chi connectivity index (χ4n) is 1.09. The zero-order valence-corrected chi connectivity index (χ0v) is 8.80. The molecule has 1 rings (SSSR count). The lowest BCUT2D eigenvalue weighted by atomic mass is 10.2. The first-order valence-corrected chi connectivity index (χ1v) is 4.73. The maximum absolute atomic E-state index is 6.02. The molecule has 3 heteroatoms. The Bertz CT molecular complexity index is 286. The highest BCUT2D eigenvalue weighted by atomic mass is 35.5. The molecular weight excluding hydrogens is 184 g/mol. The summed E-state index contributed by atoms with van der Waals surface area (Å²) in [6.07, 6.45) is 0. The Hall–Kier alpha value is -0.730. The number of halogens is 1. The molecule has 0 aliphatic carbocycles. The van der Waals surface area contributed by atoms with Gasteiger partial charge in [-0.25, -0.2) is 0 Å². The molecule has 0 aromatic heterocycles. The van der Waals surface area contributed by atoms with Crippen LogP contribution in [0.1, 0.15) is 12.5 Å². The fraction of sp³-hybridized carbons (Fsp3) is 0.400. The Labute approximate surface area is 84.3 Å². The quantitative estimate of drug-likeness (QED) is 0.756. The molecule has 0 aliphatic rings. The molecular formula is C10H15ClN2. The van der Waals surface area contributed by atoms with Gasteiger partial charge in [-0.05, 0) is 31.3 Å². The van der Waals surface area contributed by atoms with E-state index in [-0.39, 0.29) is 0 Å². The van der Waals surface area contributed by atoms with Gasteiger partial charge in [-0.3, -0.25) is 0 Å². The van der Waals surface area contributed by atoms with Gasteiger partial charge < -0.3 is 10.6 Å². The van der Waals surface area contributed by atoms with Crippen LogP contribution in [0.25, 0.3) is 0 Å². The summed E-state index contributed by atoms with van der Waals surface area (Å²) in [4.78, 5) is 2.19. The van der Waals surface area contributed by atoms with E-state index in [1.807, 2.05) is 12.1 Å². The van der Waals surface area contributed by atoms with Crippen LogP contribution in [0, 0.1) is 0 Å². The first-order valence-electron chi connectivity index (χ1n) is 4.36. The number of nitrogens with zero attached hydrogens (tertiary/aromatic N) is 1. The molecule has 2 nitrogen and oxygen atoms in total. The normalized spacial score (nSPS) is 10.8. The minimum atomic E-state index is 0.716. The van der Waals surface area contributed by atoms with Crippen molar-refractivity contribution in [1.29, 1.82) is 0 Å². The highest BCUT2D eigenvalue weighted by Crippen LogP contribution is 2.20. The van der Waals surface area contributed by atoms with E-state index in [9.17, 15) is 0 Å². The van der Waals surface area contributed by atoms with Crippen LogP contribution in [-0.2, 0) is 6.54 Å². The first-order chi connectivity index (χ1) is 6.13. The molecule has 0 heterocycles. The summed E-state index contributed by atoms with van der Waals surface area (Å²) in [7, 11) is 2.06. The molecule has 0 bridgehead atoms. The second-order valence-corrected chi connectivity index (χ2v) is 3.59. The van der Waals surface area contributed by atoms with Gasteiger partial charge >= 0.3 is 0 Å². The van der Waals surface area contributed by atoms with Crippen LogP contribution in [0.5, 0.6) is 0 Å². The second kappa shape index (κ2) is 4.49. The number of nitrogens with two attached hydrogens (primary N) is 1. The standard InChI is InChI=1S/C10H15ClN2/c1-3-13(2)7-8-4-5-9(12)6-10(8)11/h4-6H,3,7,12H2,1-2H3. The second-order valence-electron chi connectivity index (χ2n) is 3.18. The van der Waals surface area contributed by atoms with Crippen molar-refractivity contribution in [2.75, 3.05) is 19.3 Å². The van der Waals surface area contributed by atoms with E-state index in [1.54, 1.807) is 6.07 Å². The third kappa shape index (κ3) is 2.90. The molecule has 0 saturated carbocycles. The van der Waals surface area contributed by atoms with Gasteiger partial charge in [0.05, 0.1) is 0 Å². The van der Waals surface area contributed by atoms with Gasteiger partial charge in [0.2, 0.25) is 0 Å². The van der Waals surface area contributed by atoms with Crippen molar-refractivity contribution >= 4 is 17.3 Å². The lowest BCUT2D eigenvalue weighted by Gasteiger charge is -2.14. The van der Waals surface area contributed by atoms with Crippen LogP contribution in [-0.4, -0.2) is 18.5 Å². The zero-order chi connectivity index (χ0) is 9.84. The number of benzene rings is 1. The van der Waals surface area contributed by atoms with Crippen molar-refractivity contribution in [3.8, 4) is 0 Å². The molecule has 0 atom stereocenters. The fourth-order valence-corrected chi connectivity index (χ4v) is 1.34. The molecule has 1 aromatic rings. The molecule has 0 amide bonds. The maximum atomic E-state index is 6.02. The predicted molar refractivity (Wildman–Crippen MR) is 57.9 cm³/mol. The monoisotopic (exact) mass is 198 g/mol. The highest BCUT2D eigenvalue weighted by molar-refractivity contribution is 6.31. The Morgan fingerprint density at radius 1 is 1.46 bits per heavy atom. The van der Waals surface area contributed by atoms with Crippen molar-refractivity contribution in [1.82, 2.24) is 4.90 Å². The molecule has 0 fully saturated rings. The third-order valence-electron chi connectivity index (χ3n) is 2.06. The molecule has 0 saturated heterocycles. The van der Waals surface area contributed by atoms with Gasteiger partial charge in [0.15, 0.2) is 0 Å². The summed E-state index contributed by atoms with van der Waals surface area (Å²) in [5.74, 6) is 0. The Morgan fingerprint density at radius 3 is 2.69 bits per heavy atom. The van der Waals surface area contributed by atoms with E-state index >= 15 is 0 Å². The summed E-state index contributed by atoms with van der Waals surface area (Å²) < 4.78 is 0. The van der Waals surface area contributed by atoms with Gasteiger partial charge in [0.25, 0.3) is 0 Å². The lowest BCUT2D eigenvalue weighted by molar-refractivity contribution is 0.346. The molecule has 13 heavy (non-hydrogen) atoms. The van der Waals surface area contributed by atoms with Crippen molar-refractivity contribution in [3.05, 3.63) is 28.8 Å². The number of anilines is 1. The highest BCUT2D eigenvalue weighted by Gasteiger charge is 2.02. The Morgan fingerprint density at radius 2 is 2.15 bits per heavy atom. The number of nitrogen functional groups attached to an aromatic ring is 1. The van der Waals surface area contributed by atoms with E-state index in [4.69, 9.17) is 17.3 Å². The SMILES string of the molecule is CCN(C)Cc1ccc(N)cc1Cl. The summed E-state index contributed by atoms with van der Waals surface area (Å²) in [6, 6.07) is 5.65. The van der Waals surface area contributed by atoms with Gasteiger partial charge in [-0.1, -0.05) is 24.6 Å². The Kier molecular flexibility index (Phi) is 3.58. The van der Waals surface area contributed by atoms with Crippen molar-refractivity contribution in [2.24, 2.45) is 0 Å². The minimum Gasteiger partial charge on any atom is -0.399 e. The van der Waals surface area contributed by atoms with Crippen LogP contribution >= 0.6 is 11.6 Å². The lowest BCUT2D eigenvalue weighted by Crippen LogP contribution is -2.16. The molecule has 0 radical (unpaired) electrons.